The largest absolute Gasteiger partial charge is 0.573 e. The van der Waals surface area contributed by atoms with Crippen molar-refractivity contribution in [2.24, 2.45) is 0 Å². The second-order valence-electron chi connectivity index (χ2n) is 4.07. The van der Waals surface area contributed by atoms with E-state index in [4.69, 9.17) is 5.26 Å². The van der Waals surface area contributed by atoms with Gasteiger partial charge in [-0.2, -0.15) is 5.26 Å². The zero-order valence-electron chi connectivity index (χ0n) is 10.5. The first-order valence-electron chi connectivity index (χ1n) is 5.76. The average Bonchev–Trinajstić information content (AvgIpc) is 2.41. The van der Waals surface area contributed by atoms with Crippen LogP contribution in [0.4, 0.5) is 17.6 Å². The fraction of sp³-hybridized carbons (Fsp3) is 0.143. The van der Waals surface area contributed by atoms with Crippen LogP contribution in [0, 0.1) is 17.1 Å². The molecule has 0 aliphatic heterocycles. The number of hydrogen-bond acceptors (Lipinski definition) is 3. The lowest BCUT2D eigenvalue weighted by Gasteiger charge is -2.09. The lowest BCUT2D eigenvalue weighted by Crippen LogP contribution is -2.16. The zero-order chi connectivity index (χ0) is 15.5. The Kier molecular flexibility index (Phi) is 4.08. The fourth-order valence-corrected chi connectivity index (χ4v) is 1.69. The van der Waals surface area contributed by atoms with E-state index in [1.54, 1.807) is 0 Å². The van der Waals surface area contributed by atoms with Crippen molar-refractivity contribution in [3.05, 3.63) is 47.9 Å². The normalized spacial score (nSPS) is 11.0. The van der Waals surface area contributed by atoms with Crippen LogP contribution in [0.5, 0.6) is 5.75 Å². The van der Waals surface area contributed by atoms with Crippen LogP contribution in [-0.2, 0) is 6.42 Å². The maximum atomic E-state index is 13.4. The Morgan fingerprint density at radius 1 is 1.19 bits per heavy atom. The minimum atomic E-state index is -4.75. The van der Waals surface area contributed by atoms with Crippen LogP contribution in [-0.4, -0.2) is 11.3 Å². The third-order valence-electron chi connectivity index (χ3n) is 2.59. The Balaban J connectivity index is 2.27. The molecular formula is C14H8F4N2O. The van der Waals surface area contributed by atoms with Gasteiger partial charge in [0.25, 0.3) is 0 Å². The Labute approximate surface area is 117 Å². The second-order valence-corrected chi connectivity index (χ2v) is 4.07. The number of hydrogen-bond donors (Lipinski definition) is 0. The first-order chi connectivity index (χ1) is 9.89. The van der Waals surface area contributed by atoms with Gasteiger partial charge in [-0.3, -0.25) is 4.98 Å². The number of ether oxygens (including phenoxy) is 1. The summed E-state index contributed by atoms with van der Waals surface area (Å²) in [5.74, 6) is -0.956. The zero-order valence-corrected chi connectivity index (χ0v) is 10.5. The number of pyridine rings is 1. The highest BCUT2D eigenvalue weighted by atomic mass is 19.4. The molecule has 3 nitrogen and oxygen atoms in total. The Morgan fingerprint density at radius 2 is 1.86 bits per heavy atom. The van der Waals surface area contributed by atoms with E-state index in [1.165, 1.54) is 18.2 Å². The summed E-state index contributed by atoms with van der Waals surface area (Å²) in [7, 11) is 0. The van der Waals surface area contributed by atoms with Crippen molar-refractivity contribution in [1.29, 1.82) is 5.26 Å². The molecule has 0 N–H and O–H groups in total. The highest BCUT2D eigenvalue weighted by molar-refractivity contribution is 5.60. The highest BCUT2D eigenvalue weighted by Crippen LogP contribution is 2.26. The van der Waals surface area contributed by atoms with Crippen molar-refractivity contribution in [3.8, 4) is 23.1 Å². The third kappa shape index (κ3) is 3.92. The summed E-state index contributed by atoms with van der Waals surface area (Å²) >= 11 is 0. The van der Waals surface area contributed by atoms with Crippen LogP contribution in [0.2, 0.25) is 0 Å². The SMILES string of the molecule is N#CCc1cc(-c2ccc(OC(F)(F)F)cc2)ncc1F. The van der Waals surface area contributed by atoms with Crippen molar-refractivity contribution in [2.75, 3.05) is 0 Å². The van der Waals surface area contributed by atoms with E-state index in [2.05, 4.69) is 9.72 Å². The highest BCUT2D eigenvalue weighted by Gasteiger charge is 2.30. The molecule has 2 rings (SSSR count). The van der Waals surface area contributed by atoms with Crippen molar-refractivity contribution in [3.63, 3.8) is 0 Å². The van der Waals surface area contributed by atoms with Crippen molar-refractivity contribution >= 4 is 0 Å². The van der Waals surface area contributed by atoms with Gasteiger partial charge in [-0.25, -0.2) is 4.39 Å². The quantitative estimate of drug-likeness (QED) is 0.808. The molecule has 108 valence electrons. The molecule has 1 aromatic heterocycles. The molecule has 0 spiro atoms. The van der Waals surface area contributed by atoms with Crippen LogP contribution in [0.1, 0.15) is 5.56 Å². The van der Waals surface area contributed by atoms with Crippen LogP contribution in [0.3, 0.4) is 0 Å². The first-order valence-corrected chi connectivity index (χ1v) is 5.76. The van der Waals surface area contributed by atoms with E-state index in [9.17, 15) is 17.6 Å². The Bertz CT molecular complexity index is 675. The molecule has 1 heterocycles. The standard InChI is InChI=1S/C14H8F4N2O/c15-12-8-20-13(7-10(12)5-6-19)9-1-3-11(4-2-9)21-14(16,17)18/h1-4,7-8H,5H2. The molecule has 0 fully saturated rings. The number of alkyl halides is 3. The lowest BCUT2D eigenvalue weighted by atomic mass is 10.1. The average molecular weight is 296 g/mol. The molecule has 0 saturated carbocycles. The smallest absolute Gasteiger partial charge is 0.406 e. The molecule has 7 heteroatoms. The van der Waals surface area contributed by atoms with Gasteiger partial charge in [0, 0.05) is 11.1 Å². The maximum Gasteiger partial charge on any atom is 0.573 e. The molecule has 0 aliphatic rings. The molecule has 0 radical (unpaired) electrons. The summed E-state index contributed by atoms with van der Waals surface area (Å²) in [6, 6.07) is 8.23. The van der Waals surface area contributed by atoms with Crippen LogP contribution >= 0.6 is 0 Å². The Hall–Kier alpha value is -2.62. The minimum Gasteiger partial charge on any atom is -0.406 e. The molecule has 0 amide bonds. The van der Waals surface area contributed by atoms with Crippen molar-refractivity contribution in [1.82, 2.24) is 4.98 Å². The third-order valence-corrected chi connectivity index (χ3v) is 2.59. The number of rotatable bonds is 3. The van der Waals surface area contributed by atoms with Crippen LogP contribution in [0.25, 0.3) is 11.3 Å². The van der Waals surface area contributed by atoms with E-state index in [1.807, 2.05) is 6.07 Å². The molecule has 2 aromatic rings. The van der Waals surface area contributed by atoms with Gasteiger partial charge < -0.3 is 4.74 Å². The summed E-state index contributed by atoms with van der Waals surface area (Å²) in [5.41, 5.74) is 1.03. The molecular weight excluding hydrogens is 288 g/mol. The summed E-state index contributed by atoms with van der Waals surface area (Å²) in [6.45, 7) is 0. The molecule has 21 heavy (non-hydrogen) atoms. The number of benzene rings is 1. The number of halogens is 4. The monoisotopic (exact) mass is 296 g/mol. The maximum absolute atomic E-state index is 13.4. The molecule has 0 saturated heterocycles. The van der Waals surface area contributed by atoms with E-state index >= 15 is 0 Å². The van der Waals surface area contributed by atoms with Gasteiger partial charge in [-0.15, -0.1) is 13.2 Å². The number of aromatic nitrogens is 1. The summed E-state index contributed by atoms with van der Waals surface area (Å²) in [6.07, 6.45) is -3.89. The van der Waals surface area contributed by atoms with Gasteiger partial charge in [0.05, 0.1) is 24.4 Å². The second kappa shape index (κ2) is 5.79. The van der Waals surface area contributed by atoms with Crippen LogP contribution in [0.15, 0.2) is 36.5 Å². The number of nitrogens with zero attached hydrogens (tertiary/aromatic N) is 2. The van der Waals surface area contributed by atoms with E-state index in [0.29, 0.717) is 11.3 Å². The van der Waals surface area contributed by atoms with Gasteiger partial charge in [-0.1, -0.05) is 0 Å². The van der Waals surface area contributed by atoms with E-state index in [0.717, 1.165) is 18.3 Å². The first kappa shape index (κ1) is 14.8. The molecule has 0 aliphatic carbocycles. The van der Waals surface area contributed by atoms with Crippen LogP contribution < -0.4 is 4.74 Å². The van der Waals surface area contributed by atoms with Crippen molar-refractivity contribution < 1.29 is 22.3 Å². The van der Waals surface area contributed by atoms with Gasteiger partial charge >= 0.3 is 6.36 Å². The predicted octanol–water partition coefficient (Wildman–Crippen LogP) is 3.85. The Morgan fingerprint density at radius 3 is 2.43 bits per heavy atom. The predicted molar refractivity (Wildman–Crippen MR) is 65.6 cm³/mol. The molecule has 0 atom stereocenters. The molecule has 1 aromatic carbocycles. The topological polar surface area (TPSA) is 45.9 Å². The summed E-state index contributed by atoms with van der Waals surface area (Å²) < 4.78 is 53.2. The molecule has 0 unspecified atom stereocenters. The number of nitriles is 1. The fourth-order valence-electron chi connectivity index (χ4n) is 1.69. The van der Waals surface area contributed by atoms with Gasteiger partial charge in [0.2, 0.25) is 0 Å². The lowest BCUT2D eigenvalue weighted by molar-refractivity contribution is -0.274. The summed E-state index contributed by atoms with van der Waals surface area (Å²) in [5, 5.41) is 8.59. The summed E-state index contributed by atoms with van der Waals surface area (Å²) in [4.78, 5) is 3.85. The molecule has 0 bridgehead atoms. The van der Waals surface area contributed by atoms with Gasteiger partial charge in [0.1, 0.15) is 11.6 Å². The van der Waals surface area contributed by atoms with Crippen molar-refractivity contribution in [2.45, 2.75) is 12.8 Å². The van der Waals surface area contributed by atoms with Gasteiger partial charge in [0.15, 0.2) is 0 Å². The van der Waals surface area contributed by atoms with E-state index in [-0.39, 0.29) is 17.7 Å². The van der Waals surface area contributed by atoms with Gasteiger partial charge in [-0.05, 0) is 30.3 Å². The minimum absolute atomic E-state index is 0.114. The van der Waals surface area contributed by atoms with E-state index < -0.39 is 12.2 Å².